The first-order valence-electron chi connectivity index (χ1n) is 16.3. The van der Waals surface area contributed by atoms with Gasteiger partial charge in [-0.2, -0.15) is 0 Å². The van der Waals surface area contributed by atoms with Crippen molar-refractivity contribution in [3.63, 3.8) is 0 Å². The van der Waals surface area contributed by atoms with Crippen LogP contribution in [0.2, 0.25) is 0 Å². The first-order valence-corrected chi connectivity index (χ1v) is 16.3. The summed E-state index contributed by atoms with van der Waals surface area (Å²) in [6.07, 6.45) is 38.3. The average molecular weight is 459 g/mol. The van der Waals surface area contributed by atoms with Gasteiger partial charge in [-0.15, -0.1) is 0 Å². The maximum absolute atomic E-state index is 2.34. The van der Waals surface area contributed by atoms with Crippen LogP contribution in [-0.2, 0) is 0 Å². The Kier molecular flexibility index (Phi) is 13.9. The quantitative estimate of drug-likeness (QED) is 0.214. The molecule has 0 heterocycles. The fourth-order valence-corrected chi connectivity index (χ4v) is 8.07. The minimum absolute atomic E-state index is 1.09. The highest BCUT2D eigenvalue weighted by Gasteiger charge is 2.31. The molecule has 3 fully saturated rings. The van der Waals surface area contributed by atoms with Crippen molar-refractivity contribution in [2.45, 2.75) is 174 Å². The summed E-state index contributed by atoms with van der Waals surface area (Å²) in [6, 6.07) is 0. The molecule has 0 saturated heterocycles. The second kappa shape index (κ2) is 16.6. The summed E-state index contributed by atoms with van der Waals surface area (Å²) in [4.78, 5) is 0. The van der Waals surface area contributed by atoms with Gasteiger partial charge in [0.15, 0.2) is 0 Å². The van der Waals surface area contributed by atoms with Crippen molar-refractivity contribution < 1.29 is 0 Å². The molecule has 0 aromatic carbocycles. The zero-order valence-corrected chi connectivity index (χ0v) is 23.1. The standard InChI is InChI=1S/C33H62/c1-3-5-7-8-9-11-13-28-14-16-30(17-15-28)18-19-31-22-26-33(27-23-31)32-24-20-29(21-25-32)12-10-6-4-2/h28-33H,3-27H2,1-2H3. The first kappa shape index (κ1) is 27.6. The number of unbranched alkanes of at least 4 members (excludes halogenated alkanes) is 7. The van der Waals surface area contributed by atoms with Crippen LogP contribution in [-0.4, -0.2) is 0 Å². The van der Waals surface area contributed by atoms with Crippen LogP contribution in [0, 0.1) is 35.5 Å². The highest BCUT2D eigenvalue weighted by molar-refractivity contribution is 4.83. The lowest BCUT2D eigenvalue weighted by Gasteiger charge is -2.38. The summed E-state index contributed by atoms with van der Waals surface area (Å²) in [5.74, 6) is 6.57. The third-order valence-electron chi connectivity index (χ3n) is 10.6. The monoisotopic (exact) mass is 458 g/mol. The molecule has 0 aliphatic heterocycles. The summed E-state index contributed by atoms with van der Waals surface area (Å²) in [6.45, 7) is 4.67. The second-order valence-corrected chi connectivity index (χ2v) is 13.1. The smallest absolute Gasteiger partial charge is 0.0386 e. The molecule has 0 aromatic rings. The Morgan fingerprint density at radius 1 is 0.333 bits per heavy atom. The van der Waals surface area contributed by atoms with Crippen LogP contribution in [0.25, 0.3) is 0 Å². The van der Waals surface area contributed by atoms with E-state index in [0.717, 1.165) is 35.5 Å². The predicted molar refractivity (Wildman–Crippen MR) is 148 cm³/mol. The van der Waals surface area contributed by atoms with Crippen LogP contribution in [0.3, 0.4) is 0 Å². The van der Waals surface area contributed by atoms with Gasteiger partial charge in [-0.25, -0.2) is 0 Å². The van der Waals surface area contributed by atoms with E-state index in [2.05, 4.69) is 13.8 Å². The Morgan fingerprint density at radius 3 is 1.09 bits per heavy atom. The molecule has 33 heavy (non-hydrogen) atoms. The van der Waals surface area contributed by atoms with E-state index >= 15 is 0 Å². The topological polar surface area (TPSA) is 0 Å². The fraction of sp³-hybridized carbons (Fsp3) is 1.00. The van der Waals surface area contributed by atoms with E-state index < -0.39 is 0 Å². The van der Waals surface area contributed by atoms with Crippen LogP contribution < -0.4 is 0 Å². The molecule has 3 saturated carbocycles. The minimum Gasteiger partial charge on any atom is -0.0654 e. The zero-order chi connectivity index (χ0) is 23.1. The van der Waals surface area contributed by atoms with Crippen LogP contribution in [0.5, 0.6) is 0 Å². The molecule has 0 unspecified atom stereocenters. The number of rotatable bonds is 15. The van der Waals surface area contributed by atoms with Gasteiger partial charge < -0.3 is 0 Å². The minimum atomic E-state index is 1.09. The van der Waals surface area contributed by atoms with Gasteiger partial charge in [0.25, 0.3) is 0 Å². The highest BCUT2D eigenvalue weighted by atomic mass is 14.4. The summed E-state index contributed by atoms with van der Waals surface area (Å²) in [5.41, 5.74) is 0. The van der Waals surface area contributed by atoms with E-state index in [1.54, 1.807) is 96.3 Å². The molecule has 194 valence electrons. The molecule has 0 spiro atoms. The van der Waals surface area contributed by atoms with Crippen LogP contribution in [0.4, 0.5) is 0 Å². The van der Waals surface area contributed by atoms with Gasteiger partial charge in [0, 0.05) is 0 Å². The normalized spacial score (nSPS) is 33.3. The summed E-state index contributed by atoms with van der Waals surface area (Å²) in [5, 5.41) is 0. The number of hydrogen-bond acceptors (Lipinski definition) is 0. The van der Waals surface area contributed by atoms with E-state index in [1.807, 2.05) is 0 Å². The molecule has 0 bridgehead atoms. The van der Waals surface area contributed by atoms with Crippen LogP contribution in [0.15, 0.2) is 0 Å². The van der Waals surface area contributed by atoms with Crippen molar-refractivity contribution in [1.29, 1.82) is 0 Å². The van der Waals surface area contributed by atoms with Crippen molar-refractivity contribution >= 4 is 0 Å². The molecular formula is C33H62. The summed E-state index contributed by atoms with van der Waals surface area (Å²) >= 11 is 0. The molecule has 3 rings (SSSR count). The zero-order valence-electron chi connectivity index (χ0n) is 23.1. The Bertz CT molecular complexity index is 443. The van der Waals surface area contributed by atoms with Gasteiger partial charge in [-0.05, 0) is 61.2 Å². The second-order valence-electron chi connectivity index (χ2n) is 13.1. The number of hydrogen-bond donors (Lipinski definition) is 0. The average Bonchev–Trinajstić information content (AvgIpc) is 2.86. The van der Waals surface area contributed by atoms with Crippen molar-refractivity contribution in [2.24, 2.45) is 35.5 Å². The van der Waals surface area contributed by atoms with Gasteiger partial charge in [0.1, 0.15) is 0 Å². The molecule has 0 amide bonds. The maximum Gasteiger partial charge on any atom is -0.0386 e. The fourth-order valence-electron chi connectivity index (χ4n) is 8.07. The largest absolute Gasteiger partial charge is 0.0654 e. The molecule has 0 radical (unpaired) electrons. The van der Waals surface area contributed by atoms with E-state index in [4.69, 9.17) is 0 Å². The van der Waals surface area contributed by atoms with Crippen molar-refractivity contribution in [3.05, 3.63) is 0 Å². The SMILES string of the molecule is CCCCCCCCC1CCC(CCC2CCC(C3CCC(CCCCC)CC3)CC2)CC1. The van der Waals surface area contributed by atoms with Gasteiger partial charge in [0.05, 0.1) is 0 Å². The lowest BCUT2D eigenvalue weighted by Crippen LogP contribution is -2.26. The maximum atomic E-state index is 2.34. The summed E-state index contributed by atoms with van der Waals surface area (Å²) in [7, 11) is 0. The van der Waals surface area contributed by atoms with E-state index in [0.29, 0.717) is 0 Å². The predicted octanol–water partition coefficient (Wildman–Crippen LogP) is 11.5. The molecule has 0 atom stereocenters. The summed E-state index contributed by atoms with van der Waals surface area (Å²) < 4.78 is 0. The van der Waals surface area contributed by atoms with E-state index in [1.165, 1.54) is 64.2 Å². The van der Waals surface area contributed by atoms with Crippen molar-refractivity contribution in [3.8, 4) is 0 Å². The molecule has 0 nitrogen and oxygen atoms in total. The van der Waals surface area contributed by atoms with Gasteiger partial charge in [-0.1, -0.05) is 149 Å². The third kappa shape index (κ3) is 10.7. The van der Waals surface area contributed by atoms with E-state index in [-0.39, 0.29) is 0 Å². The van der Waals surface area contributed by atoms with Gasteiger partial charge in [-0.3, -0.25) is 0 Å². The molecular weight excluding hydrogens is 396 g/mol. The molecule has 0 N–H and O–H groups in total. The Morgan fingerprint density at radius 2 is 0.636 bits per heavy atom. The van der Waals surface area contributed by atoms with Crippen LogP contribution >= 0.6 is 0 Å². The molecule has 0 heteroatoms. The first-order chi connectivity index (χ1) is 16.3. The molecule has 3 aliphatic carbocycles. The molecule has 0 aromatic heterocycles. The lowest BCUT2D eigenvalue weighted by atomic mass is 9.68. The Balaban J connectivity index is 1.19. The Labute approximate surface area is 209 Å². The van der Waals surface area contributed by atoms with E-state index in [9.17, 15) is 0 Å². The van der Waals surface area contributed by atoms with Gasteiger partial charge in [0.2, 0.25) is 0 Å². The Hall–Kier alpha value is 0. The third-order valence-corrected chi connectivity index (χ3v) is 10.6. The van der Waals surface area contributed by atoms with Gasteiger partial charge >= 0.3 is 0 Å². The molecule has 3 aliphatic rings. The van der Waals surface area contributed by atoms with Crippen molar-refractivity contribution in [2.75, 3.05) is 0 Å². The highest BCUT2D eigenvalue weighted by Crippen LogP contribution is 2.44. The lowest BCUT2D eigenvalue weighted by molar-refractivity contribution is 0.135. The van der Waals surface area contributed by atoms with Crippen molar-refractivity contribution in [1.82, 2.24) is 0 Å². The van der Waals surface area contributed by atoms with Crippen LogP contribution in [0.1, 0.15) is 174 Å².